The molecule has 1 unspecified atom stereocenters. The number of halogens is 1. The quantitative estimate of drug-likeness (QED) is 0.838. The maximum atomic E-state index is 12.0. The van der Waals surface area contributed by atoms with E-state index < -0.39 is 0 Å². The number of rotatable bonds is 3. The second-order valence-corrected chi connectivity index (χ2v) is 6.46. The summed E-state index contributed by atoms with van der Waals surface area (Å²) >= 11 is 5.93. The van der Waals surface area contributed by atoms with Crippen molar-refractivity contribution in [1.29, 1.82) is 0 Å². The van der Waals surface area contributed by atoms with Crippen molar-refractivity contribution in [2.45, 2.75) is 12.6 Å². The molecule has 1 aliphatic heterocycles. The maximum absolute atomic E-state index is 12.0. The Morgan fingerprint density at radius 2 is 1.88 bits per heavy atom. The summed E-state index contributed by atoms with van der Waals surface area (Å²) in [5.74, 6) is 0. The molecule has 1 aromatic carbocycles. The fourth-order valence-electron chi connectivity index (χ4n) is 2.88. The lowest BCUT2D eigenvalue weighted by atomic mass is 10.1. The summed E-state index contributed by atoms with van der Waals surface area (Å²) in [5, 5.41) is 0.696. The van der Waals surface area contributed by atoms with Crippen LogP contribution < -0.4 is 11.2 Å². The van der Waals surface area contributed by atoms with Gasteiger partial charge in [0.1, 0.15) is 0 Å². The van der Waals surface area contributed by atoms with Gasteiger partial charge in [-0.25, -0.2) is 4.79 Å². The Balaban J connectivity index is 1.78. The third-order valence-corrected chi connectivity index (χ3v) is 4.66. The first-order chi connectivity index (χ1) is 11.5. The van der Waals surface area contributed by atoms with Crippen LogP contribution in [0.4, 0.5) is 0 Å². The summed E-state index contributed by atoms with van der Waals surface area (Å²) in [6, 6.07) is 9.15. The van der Waals surface area contributed by atoms with Crippen molar-refractivity contribution in [3.05, 3.63) is 67.4 Å². The molecule has 0 spiro atoms. The number of ether oxygens (including phenoxy) is 1. The van der Waals surface area contributed by atoms with Gasteiger partial charge in [-0.3, -0.25) is 18.8 Å². The summed E-state index contributed by atoms with van der Waals surface area (Å²) in [6.07, 6.45) is -0.0420. The van der Waals surface area contributed by atoms with Crippen LogP contribution >= 0.6 is 11.6 Å². The van der Waals surface area contributed by atoms with Crippen LogP contribution in [0.25, 0.3) is 0 Å². The summed E-state index contributed by atoms with van der Waals surface area (Å²) in [7, 11) is 3.17. The highest BCUT2D eigenvalue weighted by Gasteiger charge is 2.23. The average molecular weight is 350 g/mol. The van der Waals surface area contributed by atoms with E-state index in [9.17, 15) is 9.59 Å². The molecule has 0 aliphatic carbocycles. The van der Waals surface area contributed by atoms with Crippen LogP contribution in [0.3, 0.4) is 0 Å². The summed E-state index contributed by atoms with van der Waals surface area (Å²) in [4.78, 5) is 26.1. The Morgan fingerprint density at radius 1 is 1.17 bits per heavy atom. The summed E-state index contributed by atoms with van der Waals surface area (Å²) < 4.78 is 8.48. The third-order valence-electron chi connectivity index (χ3n) is 4.40. The van der Waals surface area contributed by atoms with Crippen molar-refractivity contribution in [3.8, 4) is 0 Å². The first-order valence-electron chi connectivity index (χ1n) is 7.81. The molecule has 0 bridgehead atoms. The van der Waals surface area contributed by atoms with Crippen LogP contribution in [0.2, 0.25) is 5.02 Å². The molecule has 0 amide bonds. The van der Waals surface area contributed by atoms with Gasteiger partial charge in [-0.2, -0.15) is 0 Å². The Hall–Kier alpha value is -1.89. The van der Waals surface area contributed by atoms with E-state index in [2.05, 4.69) is 4.90 Å². The SMILES string of the molecule is Cn1c(CN2CCOC(c3ccc(Cl)cc3)C2)cc(=O)n(C)c1=O. The largest absolute Gasteiger partial charge is 0.371 e. The van der Waals surface area contributed by atoms with E-state index in [1.165, 1.54) is 17.7 Å². The highest BCUT2D eigenvalue weighted by molar-refractivity contribution is 6.30. The first-order valence-corrected chi connectivity index (χ1v) is 8.19. The molecule has 2 aromatic rings. The van der Waals surface area contributed by atoms with Crippen LogP contribution in [0, 0.1) is 0 Å². The Bertz CT molecular complexity index is 842. The van der Waals surface area contributed by atoms with E-state index in [1.54, 1.807) is 7.05 Å². The number of benzene rings is 1. The zero-order valence-corrected chi connectivity index (χ0v) is 14.5. The number of aromatic nitrogens is 2. The topological polar surface area (TPSA) is 56.5 Å². The molecule has 1 aromatic heterocycles. The van der Waals surface area contributed by atoms with E-state index in [1.807, 2.05) is 24.3 Å². The monoisotopic (exact) mass is 349 g/mol. The van der Waals surface area contributed by atoms with E-state index >= 15 is 0 Å². The summed E-state index contributed by atoms with van der Waals surface area (Å²) in [5.41, 5.74) is 1.19. The van der Waals surface area contributed by atoms with Gasteiger partial charge >= 0.3 is 5.69 Å². The van der Waals surface area contributed by atoms with Gasteiger partial charge in [-0.15, -0.1) is 0 Å². The highest BCUT2D eigenvalue weighted by Crippen LogP contribution is 2.24. The van der Waals surface area contributed by atoms with Crippen LogP contribution in [0.15, 0.2) is 39.9 Å². The van der Waals surface area contributed by atoms with Crippen LogP contribution in [0.5, 0.6) is 0 Å². The van der Waals surface area contributed by atoms with Crippen molar-refractivity contribution in [3.63, 3.8) is 0 Å². The third kappa shape index (κ3) is 3.45. The molecule has 7 heteroatoms. The van der Waals surface area contributed by atoms with Crippen molar-refractivity contribution in [2.24, 2.45) is 14.1 Å². The number of hydrogen-bond acceptors (Lipinski definition) is 4. The molecule has 0 radical (unpaired) electrons. The normalized spacial score (nSPS) is 18.7. The fourth-order valence-corrected chi connectivity index (χ4v) is 3.01. The highest BCUT2D eigenvalue weighted by atomic mass is 35.5. The van der Waals surface area contributed by atoms with Crippen LogP contribution in [-0.2, 0) is 25.4 Å². The lowest BCUT2D eigenvalue weighted by molar-refractivity contribution is -0.0336. The van der Waals surface area contributed by atoms with Gasteiger partial charge in [0.15, 0.2) is 0 Å². The van der Waals surface area contributed by atoms with E-state index in [0.29, 0.717) is 30.4 Å². The lowest BCUT2D eigenvalue weighted by Gasteiger charge is -2.33. The molecule has 24 heavy (non-hydrogen) atoms. The second-order valence-electron chi connectivity index (χ2n) is 6.02. The maximum Gasteiger partial charge on any atom is 0.330 e. The van der Waals surface area contributed by atoms with Crippen LogP contribution in [0.1, 0.15) is 17.4 Å². The molecule has 2 heterocycles. The molecule has 1 saturated heterocycles. The molecule has 128 valence electrons. The summed E-state index contributed by atoms with van der Waals surface area (Å²) in [6.45, 7) is 2.60. The van der Waals surface area contributed by atoms with Gasteiger partial charge in [-0.05, 0) is 17.7 Å². The second kappa shape index (κ2) is 6.93. The van der Waals surface area contributed by atoms with E-state index in [-0.39, 0.29) is 17.4 Å². The average Bonchev–Trinajstić information content (AvgIpc) is 2.59. The molecule has 0 saturated carbocycles. The predicted octanol–water partition coefficient (Wildman–Crippen LogP) is 1.31. The van der Waals surface area contributed by atoms with Gasteiger partial charge in [-0.1, -0.05) is 23.7 Å². The molecule has 0 N–H and O–H groups in total. The Morgan fingerprint density at radius 3 is 2.58 bits per heavy atom. The Kier molecular flexibility index (Phi) is 4.89. The van der Waals surface area contributed by atoms with Crippen LogP contribution in [-0.4, -0.2) is 33.7 Å². The van der Waals surface area contributed by atoms with Gasteiger partial charge in [0.2, 0.25) is 0 Å². The zero-order chi connectivity index (χ0) is 17.3. The number of nitrogens with zero attached hydrogens (tertiary/aromatic N) is 3. The van der Waals surface area contributed by atoms with Crippen molar-refractivity contribution >= 4 is 11.6 Å². The molecule has 3 rings (SSSR count). The predicted molar refractivity (Wildman–Crippen MR) is 92.3 cm³/mol. The number of hydrogen-bond donors (Lipinski definition) is 0. The van der Waals surface area contributed by atoms with E-state index in [0.717, 1.165) is 16.7 Å². The molecular formula is C17H20ClN3O3. The molecule has 6 nitrogen and oxygen atoms in total. The Labute approximate surface area is 144 Å². The van der Waals surface area contributed by atoms with Gasteiger partial charge in [0.25, 0.3) is 5.56 Å². The lowest BCUT2D eigenvalue weighted by Crippen LogP contribution is -2.42. The molecule has 1 aliphatic rings. The van der Waals surface area contributed by atoms with Gasteiger partial charge in [0.05, 0.1) is 12.7 Å². The molecular weight excluding hydrogens is 330 g/mol. The number of morpholine rings is 1. The molecule has 1 atom stereocenters. The van der Waals surface area contributed by atoms with Crippen molar-refractivity contribution in [1.82, 2.24) is 14.0 Å². The standard InChI is InChI=1S/C17H20ClN3O3/c1-19-14(9-16(22)20(2)17(19)23)10-21-7-8-24-15(11-21)12-3-5-13(18)6-4-12/h3-6,9,15H,7-8,10-11H2,1-2H3. The minimum atomic E-state index is -0.306. The smallest absolute Gasteiger partial charge is 0.330 e. The van der Waals surface area contributed by atoms with Crippen molar-refractivity contribution < 1.29 is 4.74 Å². The van der Waals surface area contributed by atoms with Crippen molar-refractivity contribution in [2.75, 3.05) is 19.7 Å². The van der Waals surface area contributed by atoms with Gasteiger partial charge in [0, 0.05) is 50.5 Å². The molecule has 1 fully saturated rings. The van der Waals surface area contributed by atoms with E-state index in [4.69, 9.17) is 16.3 Å². The zero-order valence-electron chi connectivity index (χ0n) is 13.7. The first kappa shape index (κ1) is 17.0. The fraction of sp³-hybridized carbons (Fsp3) is 0.412. The minimum Gasteiger partial charge on any atom is -0.371 e. The minimum absolute atomic E-state index is 0.0420. The van der Waals surface area contributed by atoms with Gasteiger partial charge < -0.3 is 4.74 Å².